The van der Waals surface area contributed by atoms with Crippen molar-refractivity contribution in [2.45, 2.75) is 4.90 Å². The normalized spacial score (nSPS) is 12.1. The van der Waals surface area contributed by atoms with Gasteiger partial charge in [0.1, 0.15) is 4.90 Å². The first-order valence-corrected chi connectivity index (χ1v) is 8.97. The molecule has 0 heterocycles. The first-order valence-electron chi connectivity index (χ1n) is 6.74. The summed E-state index contributed by atoms with van der Waals surface area (Å²) in [5, 5.41) is 1.11. The molecule has 0 aliphatic rings. The van der Waals surface area contributed by atoms with Gasteiger partial charge in [0.15, 0.2) is 0 Å². The summed E-state index contributed by atoms with van der Waals surface area (Å²) in [5.41, 5.74) is 1.37. The molecule has 3 aromatic rings. The van der Waals surface area contributed by atoms with Gasteiger partial charge < -0.3 is 0 Å². The summed E-state index contributed by atoms with van der Waals surface area (Å²) in [6.07, 6.45) is 1.65. The molecule has 0 saturated carbocycles. The number of hydrogen-bond donors (Lipinski definition) is 1. The van der Waals surface area contributed by atoms with Crippen LogP contribution in [0.15, 0.2) is 75.0 Å². The first kappa shape index (κ1) is 15.9. The minimum atomic E-state index is -4.32. The molecule has 116 valence electrons. The second kappa shape index (κ2) is 6.23. The third-order valence-corrected chi connectivity index (χ3v) is 4.77. The van der Waals surface area contributed by atoms with E-state index in [1.54, 1.807) is 36.5 Å². The highest BCUT2D eigenvalue weighted by atomic mass is 79.9. The summed E-state index contributed by atoms with van der Waals surface area (Å²) < 4.78 is 33.6. The molecule has 0 aromatic heterocycles. The van der Waals surface area contributed by atoms with E-state index in [-0.39, 0.29) is 4.90 Å². The molecule has 4 nitrogen and oxygen atoms in total. The molecule has 0 radical (unpaired) electrons. The molecule has 3 rings (SSSR count). The Balaban J connectivity index is 2.16. The topological polar surface area (TPSA) is 66.7 Å². The molecule has 1 N–H and O–H groups in total. The van der Waals surface area contributed by atoms with Crippen LogP contribution in [0.4, 0.5) is 5.69 Å². The van der Waals surface area contributed by atoms with E-state index in [2.05, 4.69) is 20.9 Å². The lowest BCUT2D eigenvalue weighted by Gasteiger charge is -2.06. The number of rotatable bonds is 3. The molecular formula is C17H12BrNO3S. The van der Waals surface area contributed by atoms with Crippen molar-refractivity contribution in [1.82, 2.24) is 0 Å². The fourth-order valence-electron chi connectivity index (χ4n) is 2.30. The SMILES string of the molecule is O=S(=O)(O)c1cccc2cccc(N=Cc3ccc(Br)cc3)c12. The Labute approximate surface area is 142 Å². The van der Waals surface area contributed by atoms with E-state index < -0.39 is 10.1 Å². The first-order chi connectivity index (χ1) is 10.9. The smallest absolute Gasteiger partial charge is 0.282 e. The van der Waals surface area contributed by atoms with Crippen LogP contribution >= 0.6 is 15.9 Å². The quantitative estimate of drug-likeness (QED) is 0.525. The molecule has 6 heteroatoms. The molecule has 0 spiro atoms. The van der Waals surface area contributed by atoms with Crippen molar-refractivity contribution in [2.24, 2.45) is 4.99 Å². The summed E-state index contributed by atoms with van der Waals surface area (Å²) in [5.74, 6) is 0. The maximum Gasteiger partial charge on any atom is 0.295 e. The molecule has 23 heavy (non-hydrogen) atoms. The molecule has 0 aliphatic carbocycles. The van der Waals surface area contributed by atoms with Gasteiger partial charge in [-0.2, -0.15) is 8.42 Å². The Hall–Kier alpha value is -2.02. The lowest BCUT2D eigenvalue weighted by molar-refractivity contribution is 0.484. The van der Waals surface area contributed by atoms with Gasteiger partial charge in [0.2, 0.25) is 0 Å². The van der Waals surface area contributed by atoms with Crippen LogP contribution in [0.25, 0.3) is 10.8 Å². The lowest BCUT2D eigenvalue weighted by Crippen LogP contribution is -1.99. The van der Waals surface area contributed by atoms with Crippen LogP contribution in [-0.2, 0) is 10.1 Å². The fourth-order valence-corrected chi connectivity index (χ4v) is 3.30. The van der Waals surface area contributed by atoms with E-state index in [1.165, 1.54) is 6.07 Å². The molecule has 0 amide bonds. The monoisotopic (exact) mass is 389 g/mol. The van der Waals surface area contributed by atoms with Gasteiger partial charge in [-0.05, 0) is 35.2 Å². The van der Waals surface area contributed by atoms with E-state index in [0.717, 1.165) is 10.0 Å². The average molecular weight is 390 g/mol. The summed E-state index contributed by atoms with van der Waals surface area (Å²) in [6.45, 7) is 0. The van der Waals surface area contributed by atoms with Crippen molar-refractivity contribution in [1.29, 1.82) is 0 Å². The van der Waals surface area contributed by atoms with Crippen molar-refractivity contribution >= 4 is 48.7 Å². The lowest BCUT2D eigenvalue weighted by atomic mass is 10.1. The molecule has 3 aromatic carbocycles. The van der Waals surface area contributed by atoms with Crippen LogP contribution in [0, 0.1) is 0 Å². The summed E-state index contributed by atoms with van der Waals surface area (Å²) >= 11 is 3.37. The van der Waals surface area contributed by atoms with Crippen molar-refractivity contribution in [3.63, 3.8) is 0 Å². The Bertz CT molecular complexity index is 991. The molecular weight excluding hydrogens is 378 g/mol. The predicted octanol–water partition coefficient (Wildman–Crippen LogP) is 4.60. The zero-order valence-electron chi connectivity index (χ0n) is 11.8. The highest BCUT2D eigenvalue weighted by Gasteiger charge is 2.15. The zero-order chi connectivity index (χ0) is 16.4. The minimum Gasteiger partial charge on any atom is -0.282 e. The number of nitrogens with zero attached hydrogens (tertiary/aromatic N) is 1. The van der Waals surface area contributed by atoms with Gasteiger partial charge in [0, 0.05) is 16.1 Å². The number of hydrogen-bond acceptors (Lipinski definition) is 3. The van der Waals surface area contributed by atoms with Crippen LogP contribution in [-0.4, -0.2) is 19.2 Å². The Morgan fingerprint density at radius 1 is 0.957 bits per heavy atom. The second-order valence-electron chi connectivity index (χ2n) is 4.92. The van der Waals surface area contributed by atoms with Crippen molar-refractivity contribution < 1.29 is 13.0 Å². The van der Waals surface area contributed by atoms with Gasteiger partial charge >= 0.3 is 0 Å². The number of aliphatic imine (C=N–C) groups is 1. The van der Waals surface area contributed by atoms with Crippen LogP contribution in [0.1, 0.15) is 5.56 Å². The largest absolute Gasteiger partial charge is 0.295 e. The predicted molar refractivity (Wildman–Crippen MR) is 95.2 cm³/mol. The van der Waals surface area contributed by atoms with E-state index in [9.17, 15) is 13.0 Å². The number of halogens is 1. The highest BCUT2D eigenvalue weighted by molar-refractivity contribution is 9.10. The molecule has 0 bridgehead atoms. The third-order valence-electron chi connectivity index (χ3n) is 3.35. The molecule has 0 atom stereocenters. The van der Waals surface area contributed by atoms with E-state index in [4.69, 9.17) is 0 Å². The Kier molecular flexibility index (Phi) is 4.30. The maximum absolute atomic E-state index is 11.6. The van der Waals surface area contributed by atoms with Crippen LogP contribution < -0.4 is 0 Å². The number of benzene rings is 3. The Morgan fingerprint density at radius 2 is 1.61 bits per heavy atom. The standard InChI is InChI=1S/C17H12BrNO3S/c18-14-9-7-12(8-10-14)11-19-15-5-1-3-13-4-2-6-16(17(13)15)23(20,21)22/h1-11H,(H,20,21,22). The van der Waals surface area contributed by atoms with Crippen LogP contribution in [0.2, 0.25) is 0 Å². The second-order valence-corrected chi connectivity index (χ2v) is 7.22. The van der Waals surface area contributed by atoms with E-state index in [1.807, 2.05) is 24.3 Å². The van der Waals surface area contributed by atoms with E-state index in [0.29, 0.717) is 16.5 Å². The van der Waals surface area contributed by atoms with Gasteiger partial charge in [0.25, 0.3) is 10.1 Å². The molecule has 0 saturated heterocycles. The van der Waals surface area contributed by atoms with Crippen molar-refractivity contribution in [3.05, 3.63) is 70.7 Å². The summed E-state index contributed by atoms with van der Waals surface area (Å²) in [6, 6.07) is 17.6. The van der Waals surface area contributed by atoms with Gasteiger partial charge in [-0.25, -0.2) is 0 Å². The molecule has 0 fully saturated rings. The van der Waals surface area contributed by atoms with Crippen LogP contribution in [0.5, 0.6) is 0 Å². The maximum atomic E-state index is 11.6. The van der Waals surface area contributed by atoms with Crippen LogP contribution in [0.3, 0.4) is 0 Å². The Morgan fingerprint density at radius 3 is 2.26 bits per heavy atom. The van der Waals surface area contributed by atoms with Gasteiger partial charge in [-0.1, -0.05) is 52.3 Å². The zero-order valence-corrected chi connectivity index (χ0v) is 14.3. The van der Waals surface area contributed by atoms with Gasteiger partial charge in [-0.15, -0.1) is 0 Å². The minimum absolute atomic E-state index is 0.140. The third kappa shape index (κ3) is 3.50. The average Bonchev–Trinajstić information content (AvgIpc) is 2.53. The molecule has 0 unspecified atom stereocenters. The summed E-state index contributed by atoms with van der Waals surface area (Å²) in [4.78, 5) is 4.25. The van der Waals surface area contributed by atoms with Crippen molar-refractivity contribution in [3.8, 4) is 0 Å². The fraction of sp³-hybridized carbons (Fsp3) is 0. The molecule has 0 aliphatic heterocycles. The number of fused-ring (bicyclic) bond motifs is 1. The summed E-state index contributed by atoms with van der Waals surface area (Å²) in [7, 11) is -4.32. The van der Waals surface area contributed by atoms with E-state index >= 15 is 0 Å². The van der Waals surface area contributed by atoms with Crippen molar-refractivity contribution in [2.75, 3.05) is 0 Å². The van der Waals surface area contributed by atoms with Gasteiger partial charge in [-0.3, -0.25) is 9.55 Å². The van der Waals surface area contributed by atoms with Gasteiger partial charge in [0.05, 0.1) is 5.69 Å². The highest BCUT2D eigenvalue weighted by Crippen LogP contribution is 2.31.